The van der Waals surface area contributed by atoms with Gasteiger partial charge < -0.3 is 10.6 Å². The van der Waals surface area contributed by atoms with Gasteiger partial charge in [-0.1, -0.05) is 13.0 Å². The van der Waals surface area contributed by atoms with Crippen molar-refractivity contribution in [2.75, 3.05) is 12.3 Å². The fourth-order valence-corrected chi connectivity index (χ4v) is 2.13. The van der Waals surface area contributed by atoms with Crippen molar-refractivity contribution in [3.63, 3.8) is 0 Å². The molecule has 1 aliphatic heterocycles. The van der Waals surface area contributed by atoms with Crippen LogP contribution in [0, 0.1) is 5.92 Å². The van der Waals surface area contributed by atoms with Gasteiger partial charge in [-0.15, -0.1) is 0 Å². The van der Waals surface area contributed by atoms with Gasteiger partial charge in [-0.2, -0.15) is 0 Å². The summed E-state index contributed by atoms with van der Waals surface area (Å²) in [5.41, 5.74) is 6.74. The molecular weight excluding hydrogens is 214 g/mol. The molecule has 92 valence electrons. The van der Waals surface area contributed by atoms with E-state index in [0.29, 0.717) is 24.7 Å². The van der Waals surface area contributed by atoms with Crippen LogP contribution < -0.4 is 5.73 Å². The standard InChI is InChI=1S/C13H19N3O/c1-10-4-5-12(17)16(8-6-10)9-11-3-2-7-15-13(11)14/h2-3,7,10H,4-6,8-9H2,1H3,(H2,14,15). The Balaban J connectivity index is 2.07. The first-order valence-electron chi connectivity index (χ1n) is 6.14. The molecule has 0 spiro atoms. The average Bonchev–Trinajstić information content (AvgIpc) is 2.47. The molecule has 1 fully saturated rings. The number of pyridine rings is 1. The van der Waals surface area contributed by atoms with E-state index in [1.54, 1.807) is 6.20 Å². The van der Waals surface area contributed by atoms with Crippen LogP contribution in [0.3, 0.4) is 0 Å². The van der Waals surface area contributed by atoms with Gasteiger partial charge in [0.05, 0.1) is 0 Å². The molecule has 1 saturated heterocycles. The van der Waals surface area contributed by atoms with Crippen LogP contribution in [0.15, 0.2) is 18.3 Å². The van der Waals surface area contributed by atoms with Crippen molar-refractivity contribution >= 4 is 11.7 Å². The Bertz CT molecular complexity index is 405. The van der Waals surface area contributed by atoms with Crippen molar-refractivity contribution in [2.24, 2.45) is 5.92 Å². The van der Waals surface area contributed by atoms with Crippen molar-refractivity contribution in [2.45, 2.75) is 32.7 Å². The van der Waals surface area contributed by atoms with Crippen molar-refractivity contribution in [1.82, 2.24) is 9.88 Å². The molecule has 0 aliphatic carbocycles. The van der Waals surface area contributed by atoms with Gasteiger partial charge in [0.1, 0.15) is 5.82 Å². The number of nitrogens with two attached hydrogens (primary N) is 1. The minimum absolute atomic E-state index is 0.234. The number of amides is 1. The lowest BCUT2D eigenvalue weighted by atomic mass is 10.0. The van der Waals surface area contributed by atoms with Gasteiger partial charge in [-0.05, 0) is 24.8 Å². The molecule has 4 nitrogen and oxygen atoms in total. The Labute approximate surface area is 102 Å². The number of carbonyl (C=O) groups is 1. The van der Waals surface area contributed by atoms with E-state index >= 15 is 0 Å². The van der Waals surface area contributed by atoms with Crippen LogP contribution in [0.4, 0.5) is 5.82 Å². The fourth-order valence-electron chi connectivity index (χ4n) is 2.13. The predicted molar refractivity (Wildman–Crippen MR) is 67.1 cm³/mol. The topological polar surface area (TPSA) is 59.2 Å². The first-order valence-corrected chi connectivity index (χ1v) is 6.14. The molecule has 2 heterocycles. The number of hydrogen-bond donors (Lipinski definition) is 1. The summed E-state index contributed by atoms with van der Waals surface area (Å²) in [6.07, 6.45) is 4.40. The molecule has 1 amide bonds. The largest absolute Gasteiger partial charge is 0.383 e. The molecule has 0 radical (unpaired) electrons. The first-order chi connectivity index (χ1) is 8.16. The van der Waals surface area contributed by atoms with E-state index in [2.05, 4.69) is 11.9 Å². The number of nitrogens with zero attached hydrogens (tertiary/aromatic N) is 2. The molecule has 2 rings (SSSR count). The summed E-state index contributed by atoms with van der Waals surface area (Å²) in [6, 6.07) is 3.79. The number of rotatable bonds is 2. The van der Waals surface area contributed by atoms with Crippen molar-refractivity contribution in [3.8, 4) is 0 Å². The SMILES string of the molecule is CC1CCC(=O)N(Cc2cccnc2N)CC1. The van der Waals surface area contributed by atoms with Crippen molar-refractivity contribution in [3.05, 3.63) is 23.9 Å². The Morgan fingerprint density at radius 2 is 2.35 bits per heavy atom. The van der Waals surface area contributed by atoms with Gasteiger partial charge in [0.15, 0.2) is 0 Å². The molecule has 2 N–H and O–H groups in total. The van der Waals surface area contributed by atoms with E-state index in [1.807, 2.05) is 17.0 Å². The van der Waals surface area contributed by atoms with Crippen molar-refractivity contribution < 1.29 is 4.79 Å². The van der Waals surface area contributed by atoms with E-state index in [1.165, 1.54) is 0 Å². The van der Waals surface area contributed by atoms with Crippen LogP contribution in [-0.4, -0.2) is 22.3 Å². The monoisotopic (exact) mass is 233 g/mol. The second-order valence-electron chi connectivity index (χ2n) is 4.80. The van der Waals surface area contributed by atoms with Gasteiger partial charge in [-0.25, -0.2) is 4.98 Å². The van der Waals surface area contributed by atoms with E-state index in [9.17, 15) is 4.79 Å². The lowest BCUT2D eigenvalue weighted by Crippen LogP contribution is -2.30. The van der Waals surface area contributed by atoms with Gasteiger partial charge in [0.2, 0.25) is 5.91 Å². The number of anilines is 1. The Morgan fingerprint density at radius 3 is 3.12 bits per heavy atom. The van der Waals surface area contributed by atoms with E-state index in [4.69, 9.17) is 5.73 Å². The normalized spacial score (nSPS) is 21.4. The van der Waals surface area contributed by atoms with Crippen LogP contribution in [0.25, 0.3) is 0 Å². The molecule has 1 atom stereocenters. The summed E-state index contributed by atoms with van der Waals surface area (Å²) >= 11 is 0. The molecule has 0 aromatic carbocycles. The third-order valence-corrected chi connectivity index (χ3v) is 3.38. The van der Waals surface area contributed by atoms with Crippen LogP contribution in [0.2, 0.25) is 0 Å². The molecule has 1 aromatic rings. The Hall–Kier alpha value is -1.58. The van der Waals surface area contributed by atoms with Crippen LogP contribution in [-0.2, 0) is 11.3 Å². The third kappa shape index (κ3) is 2.96. The summed E-state index contributed by atoms with van der Waals surface area (Å²) in [5.74, 6) is 1.39. The van der Waals surface area contributed by atoms with Crippen molar-refractivity contribution in [1.29, 1.82) is 0 Å². The molecule has 4 heteroatoms. The summed E-state index contributed by atoms with van der Waals surface area (Å²) in [6.45, 7) is 3.62. The zero-order valence-electron chi connectivity index (χ0n) is 10.2. The minimum Gasteiger partial charge on any atom is -0.383 e. The highest BCUT2D eigenvalue weighted by atomic mass is 16.2. The summed E-state index contributed by atoms with van der Waals surface area (Å²) in [5, 5.41) is 0. The summed E-state index contributed by atoms with van der Waals surface area (Å²) in [7, 11) is 0. The van der Waals surface area contributed by atoms with Crippen LogP contribution in [0.1, 0.15) is 31.7 Å². The number of aromatic nitrogens is 1. The quantitative estimate of drug-likeness (QED) is 0.847. The minimum atomic E-state index is 0.234. The van der Waals surface area contributed by atoms with Crippen LogP contribution in [0.5, 0.6) is 0 Å². The molecule has 1 aromatic heterocycles. The Kier molecular flexibility index (Phi) is 3.61. The highest BCUT2D eigenvalue weighted by molar-refractivity contribution is 5.76. The smallest absolute Gasteiger partial charge is 0.222 e. The number of carbonyl (C=O) groups excluding carboxylic acids is 1. The Morgan fingerprint density at radius 1 is 1.53 bits per heavy atom. The average molecular weight is 233 g/mol. The predicted octanol–water partition coefficient (Wildman–Crippen LogP) is 1.81. The summed E-state index contributed by atoms with van der Waals surface area (Å²) in [4.78, 5) is 17.9. The lowest BCUT2D eigenvalue weighted by Gasteiger charge is -2.21. The van der Waals surface area contributed by atoms with Gasteiger partial charge in [0, 0.05) is 31.3 Å². The summed E-state index contributed by atoms with van der Waals surface area (Å²) < 4.78 is 0. The van der Waals surface area contributed by atoms with Gasteiger partial charge in [0.25, 0.3) is 0 Å². The molecular formula is C13H19N3O. The second-order valence-corrected chi connectivity index (χ2v) is 4.80. The third-order valence-electron chi connectivity index (χ3n) is 3.38. The molecule has 0 bridgehead atoms. The fraction of sp³-hybridized carbons (Fsp3) is 0.538. The first kappa shape index (κ1) is 11.9. The lowest BCUT2D eigenvalue weighted by molar-refractivity contribution is -0.131. The number of nitrogen functional groups attached to an aromatic ring is 1. The highest BCUT2D eigenvalue weighted by Gasteiger charge is 2.20. The number of hydrogen-bond acceptors (Lipinski definition) is 3. The maximum Gasteiger partial charge on any atom is 0.222 e. The number of likely N-dealkylation sites (tertiary alicyclic amines) is 1. The molecule has 1 unspecified atom stereocenters. The molecule has 0 saturated carbocycles. The van der Waals surface area contributed by atoms with E-state index < -0.39 is 0 Å². The van der Waals surface area contributed by atoms with Crippen LogP contribution >= 0.6 is 0 Å². The van der Waals surface area contributed by atoms with Gasteiger partial charge >= 0.3 is 0 Å². The maximum atomic E-state index is 11.9. The molecule has 1 aliphatic rings. The van der Waals surface area contributed by atoms with E-state index in [0.717, 1.165) is 24.9 Å². The van der Waals surface area contributed by atoms with Gasteiger partial charge in [-0.3, -0.25) is 4.79 Å². The van der Waals surface area contributed by atoms with E-state index in [-0.39, 0.29) is 5.91 Å². The molecule has 17 heavy (non-hydrogen) atoms. The second kappa shape index (κ2) is 5.17. The highest BCUT2D eigenvalue weighted by Crippen LogP contribution is 2.20. The zero-order valence-corrected chi connectivity index (χ0v) is 10.2. The maximum absolute atomic E-state index is 11.9. The zero-order chi connectivity index (χ0) is 12.3.